The third kappa shape index (κ3) is 1.80. The molecule has 2 heterocycles. The van der Waals surface area contributed by atoms with E-state index in [1.807, 2.05) is 0 Å². The predicted octanol–water partition coefficient (Wildman–Crippen LogP) is 4.79. The molecule has 0 aliphatic rings. The van der Waals surface area contributed by atoms with Crippen molar-refractivity contribution in [2.45, 2.75) is 0 Å². The molecule has 1 nitrogen and oxygen atoms in total. The number of hydrogen-bond donors (Lipinski definition) is 0. The number of benzene rings is 3. The zero-order valence-electron chi connectivity index (χ0n) is 12.6. The maximum absolute atomic E-state index is 2.37. The summed E-state index contributed by atoms with van der Waals surface area (Å²) >= 11 is 0. The normalized spacial score (nSPS) is 12.6. The minimum absolute atomic E-state index is 1.23. The van der Waals surface area contributed by atoms with Crippen molar-refractivity contribution in [2.24, 2.45) is 0 Å². The van der Waals surface area contributed by atoms with E-state index in [1.165, 1.54) is 38.1 Å². The van der Waals surface area contributed by atoms with Crippen LogP contribution in [-0.4, -0.2) is 4.40 Å². The van der Waals surface area contributed by atoms with Gasteiger partial charge >= 0.3 is 0 Å². The summed E-state index contributed by atoms with van der Waals surface area (Å²) in [6.07, 6.45) is 2.29. The first-order valence-electron chi connectivity index (χ1n) is 7.89. The van der Waals surface area contributed by atoms with Gasteiger partial charge in [-0.25, -0.2) is 0 Å². The number of rotatable bonds is 1. The molecule has 23 heavy (non-hydrogen) atoms. The van der Waals surface area contributed by atoms with Crippen molar-refractivity contribution in [3.8, 4) is 0 Å². The molecular weight excluding hydrogens is 278 g/mol. The van der Waals surface area contributed by atoms with Gasteiger partial charge in [0.1, 0.15) is 0 Å². The summed E-state index contributed by atoms with van der Waals surface area (Å²) in [6.45, 7) is 0. The van der Waals surface area contributed by atoms with Crippen molar-refractivity contribution in [2.75, 3.05) is 0 Å². The van der Waals surface area contributed by atoms with Crippen LogP contribution < -0.4 is 5.22 Å². The molecule has 0 spiro atoms. The Kier molecular flexibility index (Phi) is 2.56. The molecule has 1 heteroatoms. The molecule has 0 N–H and O–H groups in total. The zero-order chi connectivity index (χ0) is 15.2. The highest BCUT2D eigenvalue weighted by molar-refractivity contribution is 5.99. The van der Waals surface area contributed by atoms with E-state index in [1.54, 1.807) is 0 Å². The van der Waals surface area contributed by atoms with Crippen LogP contribution in [0.15, 0.2) is 84.9 Å². The van der Waals surface area contributed by atoms with E-state index in [0.717, 1.165) is 0 Å². The van der Waals surface area contributed by atoms with Crippen molar-refractivity contribution in [3.63, 3.8) is 0 Å². The fourth-order valence-electron chi connectivity index (χ4n) is 3.51. The Morgan fingerprint density at radius 2 is 1.30 bits per heavy atom. The van der Waals surface area contributed by atoms with E-state index in [9.17, 15) is 0 Å². The van der Waals surface area contributed by atoms with E-state index < -0.39 is 0 Å². The Morgan fingerprint density at radius 3 is 2.17 bits per heavy atom. The van der Waals surface area contributed by atoms with E-state index >= 15 is 0 Å². The van der Waals surface area contributed by atoms with Crippen LogP contribution in [0.25, 0.3) is 33.4 Å². The topological polar surface area (TPSA) is 4.41 Å². The van der Waals surface area contributed by atoms with Crippen LogP contribution >= 0.6 is 0 Å². The van der Waals surface area contributed by atoms with Gasteiger partial charge in [-0.2, -0.15) is 0 Å². The maximum Gasteiger partial charge on any atom is 0.0548 e. The SMILES string of the molecule is C(/c1ccccc1)=c1\c2ccccc2n2c1cc1ccccc12. The highest BCUT2D eigenvalue weighted by atomic mass is 14.9. The summed E-state index contributed by atoms with van der Waals surface area (Å²) in [5.41, 5.74) is 5.05. The average Bonchev–Trinajstić information content (AvgIpc) is 3.12. The zero-order valence-corrected chi connectivity index (χ0v) is 12.6. The standard InChI is InChI=1S/C22H15N/c1-2-8-16(9-3-1)14-19-18-11-5-7-13-21(18)23-20-12-6-4-10-17(20)15-22(19)23/h1-15H/b19-14-. The lowest BCUT2D eigenvalue weighted by Crippen LogP contribution is -1.98. The van der Waals surface area contributed by atoms with Crippen LogP contribution in [0, 0.1) is 0 Å². The van der Waals surface area contributed by atoms with Gasteiger partial charge in [0.25, 0.3) is 0 Å². The van der Waals surface area contributed by atoms with Gasteiger partial charge in [-0.3, -0.25) is 0 Å². The van der Waals surface area contributed by atoms with Crippen molar-refractivity contribution in [1.82, 2.24) is 4.40 Å². The van der Waals surface area contributed by atoms with E-state index in [4.69, 9.17) is 0 Å². The summed E-state index contributed by atoms with van der Waals surface area (Å²) in [5.74, 6) is 0. The Labute approximate surface area is 134 Å². The molecule has 0 aliphatic carbocycles. The quantitative estimate of drug-likeness (QED) is 0.418. The first kappa shape index (κ1) is 12.5. The second-order valence-corrected chi connectivity index (χ2v) is 5.91. The molecule has 3 aromatic carbocycles. The Hall–Kier alpha value is -3.06. The second kappa shape index (κ2) is 4.72. The molecule has 0 amide bonds. The summed E-state index contributed by atoms with van der Waals surface area (Å²) in [7, 11) is 0. The van der Waals surface area contributed by atoms with Gasteiger partial charge in [0, 0.05) is 16.0 Å². The van der Waals surface area contributed by atoms with Crippen molar-refractivity contribution < 1.29 is 0 Å². The molecule has 0 radical (unpaired) electrons. The summed E-state index contributed by atoms with van der Waals surface area (Å²) in [5, 5.41) is 3.89. The lowest BCUT2D eigenvalue weighted by molar-refractivity contribution is 1.36. The maximum atomic E-state index is 2.37. The number of aromatic nitrogens is 1. The van der Waals surface area contributed by atoms with E-state index in [2.05, 4.69) is 95.4 Å². The molecule has 5 rings (SSSR count). The molecule has 108 valence electrons. The second-order valence-electron chi connectivity index (χ2n) is 5.91. The molecule has 0 fully saturated rings. The Bertz CT molecular complexity index is 1200. The molecule has 2 aromatic heterocycles. The number of nitrogens with zero attached hydrogens (tertiary/aromatic N) is 1. The lowest BCUT2D eigenvalue weighted by atomic mass is 10.1. The van der Waals surface area contributed by atoms with Gasteiger partial charge in [0.05, 0.1) is 16.6 Å². The van der Waals surface area contributed by atoms with Gasteiger partial charge in [-0.05, 0) is 29.8 Å². The summed E-state index contributed by atoms with van der Waals surface area (Å²) < 4.78 is 2.37. The van der Waals surface area contributed by atoms with Gasteiger partial charge in [0.2, 0.25) is 0 Å². The highest BCUT2D eigenvalue weighted by Gasteiger charge is 2.10. The van der Waals surface area contributed by atoms with E-state index in [0.29, 0.717) is 0 Å². The number of fused-ring (bicyclic) bond motifs is 5. The minimum atomic E-state index is 1.23. The van der Waals surface area contributed by atoms with Gasteiger partial charge < -0.3 is 4.40 Å². The molecule has 0 aliphatic heterocycles. The van der Waals surface area contributed by atoms with Crippen LogP contribution in [0.5, 0.6) is 0 Å². The molecule has 0 bridgehead atoms. The Morgan fingerprint density at radius 1 is 0.609 bits per heavy atom. The summed E-state index contributed by atoms with van der Waals surface area (Å²) in [6, 6.07) is 30.1. The number of hydrogen-bond acceptors (Lipinski definition) is 0. The summed E-state index contributed by atoms with van der Waals surface area (Å²) in [4.78, 5) is 0. The molecule has 0 saturated heterocycles. The average molecular weight is 293 g/mol. The predicted molar refractivity (Wildman–Crippen MR) is 97.6 cm³/mol. The minimum Gasteiger partial charge on any atom is -0.309 e. The van der Waals surface area contributed by atoms with Crippen molar-refractivity contribution in [3.05, 3.63) is 95.7 Å². The van der Waals surface area contributed by atoms with Crippen molar-refractivity contribution in [1.29, 1.82) is 0 Å². The van der Waals surface area contributed by atoms with E-state index in [-0.39, 0.29) is 0 Å². The van der Waals surface area contributed by atoms with Gasteiger partial charge in [-0.1, -0.05) is 66.7 Å². The molecule has 0 saturated carbocycles. The first-order chi connectivity index (χ1) is 11.4. The smallest absolute Gasteiger partial charge is 0.0548 e. The Balaban J connectivity index is 2.03. The lowest BCUT2D eigenvalue weighted by Gasteiger charge is -1.95. The molecule has 5 aromatic rings. The highest BCUT2D eigenvalue weighted by Crippen LogP contribution is 2.24. The third-order valence-corrected chi connectivity index (χ3v) is 4.53. The van der Waals surface area contributed by atoms with Crippen LogP contribution in [0.4, 0.5) is 0 Å². The monoisotopic (exact) mass is 293 g/mol. The third-order valence-electron chi connectivity index (χ3n) is 4.53. The molecule has 0 atom stereocenters. The molecule has 0 unspecified atom stereocenters. The first-order valence-corrected chi connectivity index (χ1v) is 7.89. The van der Waals surface area contributed by atoms with Gasteiger partial charge in [0.15, 0.2) is 0 Å². The van der Waals surface area contributed by atoms with Crippen molar-refractivity contribution >= 4 is 33.4 Å². The van der Waals surface area contributed by atoms with Crippen LogP contribution in [0.3, 0.4) is 0 Å². The van der Waals surface area contributed by atoms with Gasteiger partial charge in [-0.15, -0.1) is 0 Å². The molecular formula is C22H15N. The van der Waals surface area contributed by atoms with Crippen LogP contribution in [-0.2, 0) is 0 Å². The van der Waals surface area contributed by atoms with Crippen LogP contribution in [0.2, 0.25) is 0 Å². The largest absolute Gasteiger partial charge is 0.309 e. The fraction of sp³-hybridized carbons (Fsp3) is 0. The fourth-order valence-corrected chi connectivity index (χ4v) is 3.51. The van der Waals surface area contributed by atoms with Crippen LogP contribution in [0.1, 0.15) is 5.56 Å². The number of para-hydroxylation sites is 2.